The molecular formula is C15H13ClN2O3. The van der Waals surface area contributed by atoms with E-state index in [1.807, 2.05) is 18.2 Å². The van der Waals surface area contributed by atoms with Crippen LogP contribution in [-0.2, 0) is 0 Å². The average Bonchev–Trinajstić information content (AvgIpc) is 2.49. The Morgan fingerprint density at radius 3 is 2.57 bits per heavy atom. The average molecular weight is 305 g/mol. The second-order valence-electron chi connectivity index (χ2n) is 4.54. The Bertz CT molecular complexity index is 703. The summed E-state index contributed by atoms with van der Waals surface area (Å²) in [7, 11) is 0. The molecule has 0 unspecified atom stereocenters. The fourth-order valence-electron chi connectivity index (χ4n) is 2.05. The highest BCUT2D eigenvalue weighted by atomic mass is 35.5. The van der Waals surface area contributed by atoms with Crippen molar-refractivity contribution in [3.63, 3.8) is 0 Å². The molecule has 108 valence electrons. The number of carbonyl (C=O) groups excluding carboxylic acids is 1. The van der Waals surface area contributed by atoms with Crippen molar-refractivity contribution in [3.8, 4) is 11.5 Å². The van der Waals surface area contributed by atoms with Gasteiger partial charge in [0.05, 0.1) is 10.7 Å². The molecule has 3 N–H and O–H groups in total. The zero-order valence-corrected chi connectivity index (χ0v) is 11.8. The molecule has 0 fully saturated rings. The molecule has 21 heavy (non-hydrogen) atoms. The van der Waals surface area contributed by atoms with Gasteiger partial charge in [-0.1, -0.05) is 11.6 Å². The molecule has 0 saturated heterocycles. The molecule has 3 rings (SSSR count). The van der Waals surface area contributed by atoms with Gasteiger partial charge >= 0.3 is 0 Å². The number of primary amides is 1. The maximum Gasteiger partial charge on any atom is 0.248 e. The number of anilines is 2. The van der Waals surface area contributed by atoms with E-state index in [0.29, 0.717) is 35.2 Å². The highest BCUT2D eigenvalue weighted by Crippen LogP contribution is 2.34. The number of hydrogen-bond donors (Lipinski definition) is 2. The summed E-state index contributed by atoms with van der Waals surface area (Å²) in [5.41, 5.74) is 7.07. The van der Waals surface area contributed by atoms with Crippen LogP contribution in [0.1, 0.15) is 10.4 Å². The van der Waals surface area contributed by atoms with E-state index < -0.39 is 5.91 Å². The normalized spacial score (nSPS) is 12.8. The monoisotopic (exact) mass is 304 g/mol. The quantitative estimate of drug-likeness (QED) is 0.914. The topological polar surface area (TPSA) is 73.6 Å². The van der Waals surface area contributed by atoms with Crippen molar-refractivity contribution in [2.75, 3.05) is 18.5 Å². The number of hydrogen-bond acceptors (Lipinski definition) is 4. The molecular weight excluding hydrogens is 292 g/mol. The van der Waals surface area contributed by atoms with E-state index in [2.05, 4.69) is 5.32 Å². The first kappa shape index (κ1) is 13.6. The second-order valence-corrected chi connectivity index (χ2v) is 4.95. The van der Waals surface area contributed by atoms with E-state index in [1.54, 1.807) is 12.1 Å². The van der Waals surface area contributed by atoms with E-state index >= 15 is 0 Å². The van der Waals surface area contributed by atoms with Crippen molar-refractivity contribution in [2.45, 2.75) is 0 Å². The third kappa shape index (κ3) is 2.87. The third-order valence-electron chi connectivity index (χ3n) is 3.07. The minimum absolute atomic E-state index is 0.368. The molecule has 1 amide bonds. The number of fused-ring (bicyclic) bond motifs is 1. The van der Waals surface area contributed by atoms with E-state index in [4.69, 9.17) is 26.8 Å². The van der Waals surface area contributed by atoms with Crippen LogP contribution in [0.2, 0.25) is 5.02 Å². The Labute approximate surface area is 126 Å². The Kier molecular flexibility index (Phi) is 3.58. The van der Waals surface area contributed by atoms with Gasteiger partial charge in [-0.25, -0.2) is 0 Å². The van der Waals surface area contributed by atoms with Gasteiger partial charge in [-0.3, -0.25) is 4.79 Å². The Morgan fingerprint density at radius 2 is 1.86 bits per heavy atom. The number of rotatable bonds is 3. The Morgan fingerprint density at radius 1 is 1.10 bits per heavy atom. The second kappa shape index (κ2) is 5.54. The van der Waals surface area contributed by atoms with Gasteiger partial charge in [0, 0.05) is 17.3 Å². The van der Waals surface area contributed by atoms with Crippen molar-refractivity contribution < 1.29 is 14.3 Å². The summed E-state index contributed by atoms with van der Waals surface area (Å²) >= 11 is 6.14. The molecule has 0 atom stereocenters. The number of ether oxygens (including phenoxy) is 2. The molecule has 6 heteroatoms. The largest absolute Gasteiger partial charge is 0.486 e. The number of nitrogens with one attached hydrogen (secondary N) is 1. The fraction of sp³-hybridized carbons (Fsp3) is 0.133. The van der Waals surface area contributed by atoms with Gasteiger partial charge < -0.3 is 20.5 Å². The number of amides is 1. The van der Waals surface area contributed by atoms with Crippen molar-refractivity contribution in [1.29, 1.82) is 0 Å². The highest BCUT2D eigenvalue weighted by Gasteiger charge is 2.12. The summed E-state index contributed by atoms with van der Waals surface area (Å²) in [5.74, 6) is 0.904. The first-order valence-electron chi connectivity index (χ1n) is 6.39. The Hall–Kier alpha value is -2.40. The highest BCUT2D eigenvalue weighted by molar-refractivity contribution is 6.33. The molecule has 1 aliphatic heterocycles. The van der Waals surface area contributed by atoms with Gasteiger partial charge in [0.25, 0.3) is 0 Å². The van der Waals surface area contributed by atoms with Crippen molar-refractivity contribution in [2.24, 2.45) is 5.73 Å². The van der Waals surface area contributed by atoms with Crippen LogP contribution < -0.4 is 20.5 Å². The molecule has 1 aliphatic rings. The van der Waals surface area contributed by atoms with Crippen LogP contribution in [0.5, 0.6) is 11.5 Å². The molecule has 2 aromatic carbocycles. The van der Waals surface area contributed by atoms with Gasteiger partial charge in [-0.2, -0.15) is 0 Å². The lowest BCUT2D eigenvalue weighted by atomic mass is 10.2. The summed E-state index contributed by atoms with van der Waals surface area (Å²) in [6, 6.07) is 10.4. The summed E-state index contributed by atoms with van der Waals surface area (Å²) in [5, 5.41) is 3.59. The zero-order valence-electron chi connectivity index (χ0n) is 11.1. The minimum atomic E-state index is -0.511. The zero-order chi connectivity index (χ0) is 14.8. The van der Waals surface area contributed by atoms with Gasteiger partial charge in [0.2, 0.25) is 5.91 Å². The molecule has 2 aromatic rings. The van der Waals surface area contributed by atoms with Crippen molar-refractivity contribution in [1.82, 2.24) is 0 Å². The standard InChI is InChI=1S/C15H13ClN2O3/c16-11-7-9(15(17)19)1-3-12(11)18-10-2-4-13-14(8-10)21-6-5-20-13/h1-4,7-8,18H,5-6H2,(H2,17,19). The van der Waals surface area contributed by atoms with Crippen LogP contribution in [0, 0.1) is 0 Å². The minimum Gasteiger partial charge on any atom is -0.486 e. The summed E-state index contributed by atoms with van der Waals surface area (Å²) in [4.78, 5) is 11.1. The first-order chi connectivity index (χ1) is 10.1. The summed E-state index contributed by atoms with van der Waals surface area (Å²) < 4.78 is 11.0. The van der Waals surface area contributed by atoms with Crippen LogP contribution in [0.15, 0.2) is 36.4 Å². The van der Waals surface area contributed by atoms with E-state index in [-0.39, 0.29) is 0 Å². The van der Waals surface area contributed by atoms with Crippen LogP contribution in [0.4, 0.5) is 11.4 Å². The van der Waals surface area contributed by atoms with E-state index in [1.165, 1.54) is 6.07 Å². The summed E-state index contributed by atoms with van der Waals surface area (Å²) in [6.07, 6.45) is 0. The van der Waals surface area contributed by atoms with Crippen molar-refractivity contribution in [3.05, 3.63) is 47.0 Å². The molecule has 5 nitrogen and oxygen atoms in total. The van der Waals surface area contributed by atoms with Gasteiger partial charge in [0.15, 0.2) is 11.5 Å². The van der Waals surface area contributed by atoms with Crippen LogP contribution in [0.25, 0.3) is 0 Å². The molecule has 0 aliphatic carbocycles. The maximum atomic E-state index is 11.1. The smallest absolute Gasteiger partial charge is 0.248 e. The summed E-state index contributed by atoms with van der Waals surface area (Å²) in [6.45, 7) is 1.09. The van der Waals surface area contributed by atoms with Crippen LogP contribution in [0.3, 0.4) is 0 Å². The van der Waals surface area contributed by atoms with Gasteiger partial charge in [-0.05, 0) is 30.3 Å². The third-order valence-corrected chi connectivity index (χ3v) is 3.39. The number of nitrogens with two attached hydrogens (primary N) is 1. The SMILES string of the molecule is NC(=O)c1ccc(Nc2ccc3c(c2)OCCO3)c(Cl)c1. The fourth-order valence-corrected chi connectivity index (χ4v) is 2.27. The lowest BCUT2D eigenvalue weighted by Crippen LogP contribution is -2.15. The predicted octanol–water partition coefficient (Wildman–Crippen LogP) is 2.95. The van der Waals surface area contributed by atoms with E-state index in [9.17, 15) is 4.79 Å². The van der Waals surface area contributed by atoms with Gasteiger partial charge in [-0.15, -0.1) is 0 Å². The molecule has 0 spiro atoms. The van der Waals surface area contributed by atoms with Crippen LogP contribution >= 0.6 is 11.6 Å². The first-order valence-corrected chi connectivity index (χ1v) is 6.77. The Balaban J connectivity index is 1.85. The lowest BCUT2D eigenvalue weighted by molar-refractivity contribution is 0.100. The van der Waals surface area contributed by atoms with E-state index in [0.717, 1.165) is 11.4 Å². The van der Waals surface area contributed by atoms with Crippen LogP contribution in [-0.4, -0.2) is 19.1 Å². The molecule has 0 bridgehead atoms. The predicted molar refractivity (Wildman–Crippen MR) is 80.7 cm³/mol. The lowest BCUT2D eigenvalue weighted by Gasteiger charge is -2.19. The van der Waals surface area contributed by atoms with Gasteiger partial charge in [0.1, 0.15) is 13.2 Å². The molecule has 0 saturated carbocycles. The van der Waals surface area contributed by atoms with Crippen molar-refractivity contribution >= 4 is 28.9 Å². The molecule has 0 radical (unpaired) electrons. The maximum absolute atomic E-state index is 11.1. The molecule has 0 aromatic heterocycles. The number of carbonyl (C=O) groups is 1. The number of benzene rings is 2. The molecule has 1 heterocycles. The number of halogens is 1.